The average molecular weight is 373 g/mol. The van der Waals surface area contributed by atoms with Crippen molar-refractivity contribution in [2.24, 2.45) is 0 Å². The third-order valence-corrected chi connectivity index (χ3v) is 3.82. The highest BCUT2D eigenvalue weighted by atomic mass is 16.5. The molecule has 0 heterocycles. The molecule has 0 atom stereocenters. The van der Waals surface area contributed by atoms with Crippen LogP contribution in [0.25, 0.3) is 0 Å². The number of methoxy groups -OCH3 is 1. The molecule has 7 nitrogen and oxygen atoms in total. The van der Waals surface area contributed by atoms with Crippen LogP contribution >= 0.6 is 0 Å². The van der Waals surface area contributed by atoms with Crippen molar-refractivity contribution in [3.05, 3.63) is 48.5 Å². The Balaban J connectivity index is 1.75. The summed E-state index contributed by atoms with van der Waals surface area (Å²) in [5.74, 6) is 0.859. The summed E-state index contributed by atoms with van der Waals surface area (Å²) in [4.78, 5) is 24.3. The third kappa shape index (κ3) is 6.54. The van der Waals surface area contributed by atoms with Gasteiger partial charge in [0.2, 0.25) is 5.91 Å². The van der Waals surface area contributed by atoms with Crippen LogP contribution in [0.2, 0.25) is 0 Å². The summed E-state index contributed by atoms with van der Waals surface area (Å²) in [7, 11) is 3.30. The summed E-state index contributed by atoms with van der Waals surface area (Å²) in [5, 5.41) is 8.60. The number of amides is 1. The molecule has 0 saturated heterocycles. The molecule has 0 saturated carbocycles. The van der Waals surface area contributed by atoms with Crippen LogP contribution in [-0.4, -0.2) is 44.4 Å². The van der Waals surface area contributed by atoms with E-state index < -0.39 is 12.6 Å². The van der Waals surface area contributed by atoms with Gasteiger partial charge >= 0.3 is 5.97 Å². The van der Waals surface area contributed by atoms with Crippen molar-refractivity contribution in [3.63, 3.8) is 0 Å². The van der Waals surface area contributed by atoms with Gasteiger partial charge in [-0.15, -0.1) is 0 Å². The van der Waals surface area contributed by atoms with Gasteiger partial charge in [-0.05, 0) is 55.0 Å². The maximum absolute atomic E-state index is 12.3. The number of rotatable bonds is 10. The van der Waals surface area contributed by atoms with Crippen molar-refractivity contribution < 1.29 is 28.9 Å². The number of carboxylic acid groups (broad SMARTS) is 1. The number of carbonyl (C=O) groups excluding carboxylic acids is 1. The molecule has 2 aromatic carbocycles. The Bertz CT molecular complexity index is 742. The first-order chi connectivity index (χ1) is 13.0. The number of carbonyl (C=O) groups is 2. The largest absolute Gasteiger partial charge is 0.497 e. The number of nitrogens with zero attached hydrogens (tertiary/aromatic N) is 1. The predicted molar refractivity (Wildman–Crippen MR) is 101 cm³/mol. The SMILES string of the molecule is COc1ccc(OCCCC(=O)N(C)c2ccc(OCC(=O)O)cc2)cc1. The summed E-state index contributed by atoms with van der Waals surface area (Å²) < 4.78 is 15.8. The van der Waals surface area contributed by atoms with Gasteiger partial charge in [0.25, 0.3) is 0 Å². The Morgan fingerprint density at radius 1 is 0.926 bits per heavy atom. The second kappa shape index (κ2) is 10.1. The lowest BCUT2D eigenvalue weighted by atomic mass is 10.2. The molecular weight excluding hydrogens is 350 g/mol. The first kappa shape index (κ1) is 20.1. The highest BCUT2D eigenvalue weighted by Gasteiger charge is 2.11. The van der Waals surface area contributed by atoms with E-state index in [1.54, 1.807) is 43.3 Å². The van der Waals surface area contributed by atoms with Crippen LogP contribution < -0.4 is 19.1 Å². The maximum atomic E-state index is 12.3. The maximum Gasteiger partial charge on any atom is 0.341 e. The van der Waals surface area contributed by atoms with Crippen LogP contribution in [0.5, 0.6) is 17.2 Å². The van der Waals surface area contributed by atoms with Crippen molar-refractivity contribution in [1.82, 2.24) is 0 Å². The number of anilines is 1. The molecule has 144 valence electrons. The zero-order chi connectivity index (χ0) is 19.6. The van der Waals surface area contributed by atoms with E-state index in [9.17, 15) is 9.59 Å². The minimum atomic E-state index is -1.04. The van der Waals surface area contributed by atoms with Gasteiger partial charge in [0.1, 0.15) is 17.2 Å². The molecule has 1 amide bonds. The molecule has 27 heavy (non-hydrogen) atoms. The number of carboxylic acids is 1. The van der Waals surface area contributed by atoms with Gasteiger partial charge in [-0.3, -0.25) is 4.79 Å². The lowest BCUT2D eigenvalue weighted by Gasteiger charge is -2.18. The highest BCUT2D eigenvalue weighted by molar-refractivity contribution is 5.92. The van der Waals surface area contributed by atoms with Crippen LogP contribution in [0, 0.1) is 0 Å². The molecule has 2 rings (SSSR count). The number of benzene rings is 2. The number of ether oxygens (including phenoxy) is 3. The van der Waals surface area contributed by atoms with Gasteiger partial charge < -0.3 is 24.2 Å². The highest BCUT2D eigenvalue weighted by Crippen LogP contribution is 2.20. The topological polar surface area (TPSA) is 85.3 Å². The lowest BCUT2D eigenvalue weighted by Crippen LogP contribution is -2.26. The van der Waals surface area contributed by atoms with Crippen LogP contribution in [0.15, 0.2) is 48.5 Å². The van der Waals surface area contributed by atoms with Gasteiger partial charge in [0, 0.05) is 19.2 Å². The molecule has 0 fully saturated rings. The molecule has 0 aromatic heterocycles. The average Bonchev–Trinajstić information content (AvgIpc) is 2.69. The molecule has 1 N–H and O–H groups in total. The van der Waals surface area contributed by atoms with Crippen molar-refractivity contribution in [3.8, 4) is 17.2 Å². The van der Waals surface area contributed by atoms with E-state index in [0.717, 1.165) is 11.5 Å². The van der Waals surface area contributed by atoms with Crippen molar-refractivity contribution in [1.29, 1.82) is 0 Å². The molecule has 2 aromatic rings. The summed E-state index contributed by atoms with van der Waals surface area (Å²) in [6.45, 7) is 0.0379. The van der Waals surface area contributed by atoms with E-state index in [1.807, 2.05) is 24.3 Å². The Hall–Kier alpha value is -3.22. The van der Waals surface area contributed by atoms with E-state index in [-0.39, 0.29) is 5.91 Å². The summed E-state index contributed by atoms with van der Waals surface area (Å²) >= 11 is 0. The minimum absolute atomic E-state index is 0.0347. The second-order valence-corrected chi connectivity index (χ2v) is 5.76. The Morgan fingerprint density at radius 2 is 1.48 bits per heavy atom. The first-order valence-electron chi connectivity index (χ1n) is 8.47. The van der Waals surface area contributed by atoms with E-state index >= 15 is 0 Å². The Labute approximate surface area is 158 Å². The molecule has 0 aliphatic carbocycles. The van der Waals surface area contributed by atoms with Gasteiger partial charge in [0.15, 0.2) is 6.61 Å². The van der Waals surface area contributed by atoms with E-state index in [4.69, 9.17) is 19.3 Å². The van der Waals surface area contributed by atoms with Gasteiger partial charge in [-0.1, -0.05) is 0 Å². The zero-order valence-corrected chi connectivity index (χ0v) is 15.4. The molecule has 0 aliphatic heterocycles. The fraction of sp³-hybridized carbons (Fsp3) is 0.300. The van der Waals surface area contributed by atoms with Crippen molar-refractivity contribution in [2.45, 2.75) is 12.8 Å². The van der Waals surface area contributed by atoms with E-state index in [1.165, 1.54) is 0 Å². The monoisotopic (exact) mass is 373 g/mol. The fourth-order valence-corrected chi connectivity index (χ4v) is 2.31. The lowest BCUT2D eigenvalue weighted by molar-refractivity contribution is -0.139. The Morgan fingerprint density at radius 3 is 2.07 bits per heavy atom. The zero-order valence-electron chi connectivity index (χ0n) is 15.4. The molecule has 0 unspecified atom stereocenters. The van der Waals surface area contributed by atoms with E-state index in [0.29, 0.717) is 30.9 Å². The molecule has 7 heteroatoms. The molecule has 0 aliphatic rings. The molecule has 0 bridgehead atoms. The quantitative estimate of drug-likeness (QED) is 0.645. The normalized spacial score (nSPS) is 10.1. The van der Waals surface area contributed by atoms with Crippen LogP contribution in [0.3, 0.4) is 0 Å². The number of hydrogen-bond donors (Lipinski definition) is 1. The second-order valence-electron chi connectivity index (χ2n) is 5.76. The molecular formula is C20H23NO6. The standard InChI is InChI=1S/C20H23NO6/c1-21(15-5-7-18(8-6-15)27-14-20(23)24)19(22)4-3-13-26-17-11-9-16(25-2)10-12-17/h5-12H,3-4,13-14H2,1-2H3,(H,23,24). The summed E-state index contributed by atoms with van der Waals surface area (Å²) in [6.07, 6.45) is 0.943. The van der Waals surface area contributed by atoms with E-state index in [2.05, 4.69) is 0 Å². The number of hydrogen-bond acceptors (Lipinski definition) is 5. The van der Waals surface area contributed by atoms with Crippen LogP contribution in [0.1, 0.15) is 12.8 Å². The van der Waals surface area contributed by atoms with Crippen LogP contribution in [0.4, 0.5) is 5.69 Å². The van der Waals surface area contributed by atoms with Crippen LogP contribution in [-0.2, 0) is 9.59 Å². The van der Waals surface area contributed by atoms with Gasteiger partial charge in [-0.25, -0.2) is 4.79 Å². The van der Waals surface area contributed by atoms with Gasteiger partial charge in [0.05, 0.1) is 13.7 Å². The third-order valence-electron chi connectivity index (χ3n) is 3.82. The molecule has 0 radical (unpaired) electrons. The van der Waals surface area contributed by atoms with Gasteiger partial charge in [-0.2, -0.15) is 0 Å². The predicted octanol–water partition coefficient (Wildman–Crippen LogP) is 2.98. The fourth-order valence-electron chi connectivity index (χ4n) is 2.31. The minimum Gasteiger partial charge on any atom is -0.497 e. The summed E-state index contributed by atoms with van der Waals surface area (Å²) in [5.41, 5.74) is 0.707. The first-order valence-corrected chi connectivity index (χ1v) is 8.47. The number of aliphatic carboxylic acids is 1. The van der Waals surface area contributed by atoms with Crippen molar-refractivity contribution in [2.75, 3.05) is 32.3 Å². The Kier molecular flexibility index (Phi) is 7.49. The smallest absolute Gasteiger partial charge is 0.341 e. The summed E-state index contributed by atoms with van der Waals surface area (Å²) in [6, 6.07) is 14.0. The van der Waals surface area contributed by atoms with Crippen molar-refractivity contribution >= 4 is 17.6 Å². The molecule has 0 spiro atoms.